The number of aromatic nitrogens is 2. The molecule has 0 unspecified atom stereocenters. The Hall–Kier alpha value is -1.81. The van der Waals surface area contributed by atoms with Gasteiger partial charge in [-0.05, 0) is 18.1 Å². The summed E-state index contributed by atoms with van der Waals surface area (Å²) in [6.07, 6.45) is 4.24. The average Bonchev–Trinajstić information content (AvgIpc) is 2.42. The van der Waals surface area contributed by atoms with Gasteiger partial charge in [0.05, 0.1) is 17.4 Å². The fourth-order valence-electron chi connectivity index (χ4n) is 1.87. The minimum atomic E-state index is 0.541. The first-order chi connectivity index (χ1) is 9.20. The van der Waals surface area contributed by atoms with Gasteiger partial charge in [-0.1, -0.05) is 36.7 Å². The highest BCUT2D eigenvalue weighted by Crippen LogP contribution is 2.18. The van der Waals surface area contributed by atoms with Crippen molar-refractivity contribution < 1.29 is 0 Å². The molecular formula is C14H17ClN4. The summed E-state index contributed by atoms with van der Waals surface area (Å²) in [6.45, 7) is 3.69. The van der Waals surface area contributed by atoms with Crippen LogP contribution >= 0.6 is 11.6 Å². The predicted molar refractivity (Wildman–Crippen MR) is 79.2 cm³/mol. The Morgan fingerprint density at radius 3 is 2.53 bits per heavy atom. The van der Waals surface area contributed by atoms with Gasteiger partial charge in [0.2, 0.25) is 5.95 Å². The number of benzene rings is 1. The summed E-state index contributed by atoms with van der Waals surface area (Å²) < 4.78 is 0. The van der Waals surface area contributed by atoms with E-state index in [0.29, 0.717) is 17.5 Å². The van der Waals surface area contributed by atoms with E-state index in [1.54, 1.807) is 12.4 Å². The molecule has 1 heterocycles. The summed E-state index contributed by atoms with van der Waals surface area (Å²) in [5.74, 6) is 0.675. The third kappa shape index (κ3) is 3.58. The maximum absolute atomic E-state index is 5.98. The Morgan fingerprint density at radius 2 is 1.89 bits per heavy atom. The molecule has 4 nitrogen and oxygen atoms in total. The summed E-state index contributed by atoms with van der Waals surface area (Å²) >= 11 is 5.82. The van der Waals surface area contributed by atoms with E-state index < -0.39 is 0 Å². The standard InChI is InChI=1S/C14H17ClN4/c1-2-7-19(14-17-8-12(15)9-18-14)10-11-5-3-4-6-13(11)16/h3-6,8-9H,2,7,10,16H2,1H3. The van der Waals surface area contributed by atoms with E-state index >= 15 is 0 Å². The van der Waals surface area contributed by atoms with Crippen LogP contribution in [0, 0.1) is 0 Å². The Balaban J connectivity index is 2.21. The van der Waals surface area contributed by atoms with E-state index in [4.69, 9.17) is 17.3 Å². The van der Waals surface area contributed by atoms with E-state index in [-0.39, 0.29) is 0 Å². The SMILES string of the molecule is CCCN(Cc1ccccc1N)c1ncc(Cl)cn1. The van der Waals surface area contributed by atoms with Crippen LogP contribution in [0.1, 0.15) is 18.9 Å². The fourth-order valence-corrected chi connectivity index (χ4v) is 1.97. The molecule has 2 rings (SSSR count). The molecule has 100 valence electrons. The van der Waals surface area contributed by atoms with Crippen LogP contribution in [0.3, 0.4) is 0 Å². The molecule has 5 heteroatoms. The molecule has 0 atom stereocenters. The van der Waals surface area contributed by atoms with Gasteiger partial charge in [0.25, 0.3) is 0 Å². The quantitative estimate of drug-likeness (QED) is 0.853. The number of nitrogen functional groups attached to an aromatic ring is 1. The molecule has 0 saturated carbocycles. The van der Waals surface area contributed by atoms with Crippen LogP contribution in [0.2, 0.25) is 5.02 Å². The first-order valence-corrected chi connectivity index (χ1v) is 6.64. The Morgan fingerprint density at radius 1 is 1.21 bits per heavy atom. The fraction of sp³-hybridized carbons (Fsp3) is 0.286. The normalized spacial score (nSPS) is 10.4. The minimum Gasteiger partial charge on any atom is -0.398 e. The minimum absolute atomic E-state index is 0.541. The molecule has 1 aromatic carbocycles. The third-order valence-electron chi connectivity index (χ3n) is 2.80. The molecule has 0 aliphatic rings. The number of hydrogen-bond acceptors (Lipinski definition) is 4. The summed E-state index contributed by atoms with van der Waals surface area (Å²) in [5.41, 5.74) is 7.85. The monoisotopic (exact) mass is 276 g/mol. The van der Waals surface area contributed by atoms with Gasteiger partial charge in [-0.2, -0.15) is 0 Å². The zero-order valence-corrected chi connectivity index (χ0v) is 11.6. The lowest BCUT2D eigenvalue weighted by Gasteiger charge is -2.22. The lowest BCUT2D eigenvalue weighted by Crippen LogP contribution is -2.25. The second-order valence-corrected chi connectivity index (χ2v) is 4.76. The van der Waals surface area contributed by atoms with E-state index in [2.05, 4.69) is 21.8 Å². The molecule has 0 amide bonds. The van der Waals surface area contributed by atoms with Crippen LogP contribution in [-0.4, -0.2) is 16.5 Å². The van der Waals surface area contributed by atoms with Gasteiger partial charge in [0, 0.05) is 18.8 Å². The van der Waals surface area contributed by atoms with Gasteiger partial charge >= 0.3 is 0 Å². The van der Waals surface area contributed by atoms with Crippen molar-refractivity contribution in [2.45, 2.75) is 19.9 Å². The van der Waals surface area contributed by atoms with Gasteiger partial charge in [0.15, 0.2) is 0 Å². The molecule has 0 aliphatic heterocycles. The van der Waals surface area contributed by atoms with E-state index in [0.717, 1.165) is 24.2 Å². The first-order valence-electron chi connectivity index (χ1n) is 6.26. The summed E-state index contributed by atoms with van der Waals surface area (Å²) in [7, 11) is 0. The lowest BCUT2D eigenvalue weighted by molar-refractivity contribution is 0.740. The van der Waals surface area contributed by atoms with Gasteiger partial charge in [-0.25, -0.2) is 9.97 Å². The molecule has 1 aromatic heterocycles. The van der Waals surface area contributed by atoms with Crippen molar-refractivity contribution in [1.29, 1.82) is 0 Å². The van der Waals surface area contributed by atoms with Crippen molar-refractivity contribution in [3.63, 3.8) is 0 Å². The molecule has 2 aromatic rings. The number of nitrogens with two attached hydrogens (primary N) is 1. The highest BCUT2D eigenvalue weighted by atomic mass is 35.5. The predicted octanol–water partition coefficient (Wildman–Crippen LogP) is 3.13. The Labute approximate surface area is 118 Å². The molecule has 0 bridgehead atoms. The second-order valence-electron chi connectivity index (χ2n) is 4.32. The van der Waals surface area contributed by atoms with Crippen molar-refractivity contribution in [1.82, 2.24) is 9.97 Å². The average molecular weight is 277 g/mol. The smallest absolute Gasteiger partial charge is 0.225 e. The largest absolute Gasteiger partial charge is 0.398 e. The van der Waals surface area contributed by atoms with E-state index in [1.165, 1.54) is 0 Å². The number of rotatable bonds is 5. The number of anilines is 2. The van der Waals surface area contributed by atoms with Gasteiger partial charge in [-0.3, -0.25) is 0 Å². The van der Waals surface area contributed by atoms with Crippen molar-refractivity contribution in [3.05, 3.63) is 47.2 Å². The summed E-state index contributed by atoms with van der Waals surface area (Å²) in [4.78, 5) is 10.6. The van der Waals surface area contributed by atoms with Gasteiger partial charge in [0.1, 0.15) is 0 Å². The maximum Gasteiger partial charge on any atom is 0.225 e. The molecule has 2 N–H and O–H groups in total. The highest BCUT2D eigenvalue weighted by Gasteiger charge is 2.10. The first kappa shape index (κ1) is 13.6. The molecular weight excluding hydrogens is 260 g/mol. The Kier molecular flexibility index (Phi) is 4.58. The van der Waals surface area contributed by atoms with Gasteiger partial charge < -0.3 is 10.6 Å². The summed E-state index contributed by atoms with van der Waals surface area (Å²) in [5, 5.41) is 0.541. The molecule has 0 spiro atoms. The van der Waals surface area contributed by atoms with Crippen molar-refractivity contribution >= 4 is 23.2 Å². The van der Waals surface area contributed by atoms with Crippen LogP contribution in [0.4, 0.5) is 11.6 Å². The van der Waals surface area contributed by atoms with Crippen LogP contribution in [-0.2, 0) is 6.54 Å². The number of hydrogen-bond donors (Lipinski definition) is 1. The summed E-state index contributed by atoms with van der Waals surface area (Å²) in [6, 6.07) is 7.84. The lowest BCUT2D eigenvalue weighted by atomic mass is 10.1. The van der Waals surface area contributed by atoms with Crippen molar-refractivity contribution in [2.75, 3.05) is 17.2 Å². The zero-order valence-electron chi connectivity index (χ0n) is 10.9. The molecule has 0 fully saturated rings. The van der Waals surface area contributed by atoms with Crippen LogP contribution in [0.15, 0.2) is 36.7 Å². The highest BCUT2D eigenvalue weighted by molar-refractivity contribution is 6.30. The Bertz CT molecular complexity index is 527. The zero-order chi connectivity index (χ0) is 13.7. The van der Waals surface area contributed by atoms with E-state index in [1.807, 2.05) is 24.3 Å². The second kappa shape index (κ2) is 6.38. The van der Waals surface area contributed by atoms with Crippen molar-refractivity contribution in [2.24, 2.45) is 0 Å². The molecule has 0 saturated heterocycles. The van der Waals surface area contributed by atoms with E-state index in [9.17, 15) is 0 Å². The number of nitrogens with zero attached hydrogens (tertiary/aromatic N) is 3. The maximum atomic E-state index is 5.98. The molecule has 19 heavy (non-hydrogen) atoms. The van der Waals surface area contributed by atoms with Gasteiger partial charge in [-0.15, -0.1) is 0 Å². The van der Waals surface area contributed by atoms with Crippen LogP contribution in [0.5, 0.6) is 0 Å². The number of halogens is 1. The van der Waals surface area contributed by atoms with Crippen molar-refractivity contribution in [3.8, 4) is 0 Å². The van der Waals surface area contributed by atoms with Crippen LogP contribution < -0.4 is 10.6 Å². The van der Waals surface area contributed by atoms with Crippen LogP contribution in [0.25, 0.3) is 0 Å². The molecule has 0 radical (unpaired) electrons. The number of para-hydroxylation sites is 1. The molecule has 0 aliphatic carbocycles. The third-order valence-corrected chi connectivity index (χ3v) is 2.99. The topological polar surface area (TPSA) is 55.0 Å².